The molecule has 2 aromatic carbocycles. The van der Waals surface area contributed by atoms with Gasteiger partial charge in [0, 0.05) is 11.3 Å². The number of furan rings is 1. The first-order valence-corrected chi connectivity index (χ1v) is 9.61. The Morgan fingerprint density at radius 1 is 1.00 bits per heavy atom. The molecule has 6 nitrogen and oxygen atoms in total. The Hall–Kier alpha value is -3.67. The fraction of sp³-hybridized carbons (Fsp3) is 0.208. The fourth-order valence-electron chi connectivity index (χ4n) is 2.83. The number of hydrogen-bond acceptors (Lipinski definition) is 5. The number of ether oxygens (including phenoxy) is 1. The highest BCUT2D eigenvalue weighted by atomic mass is 16.5. The lowest BCUT2D eigenvalue weighted by atomic mass is 10.0. The minimum absolute atomic E-state index is 0.163. The molecule has 1 aromatic heterocycles. The van der Waals surface area contributed by atoms with E-state index < -0.39 is 11.9 Å². The Balaban J connectivity index is 1.63. The van der Waals surface area contributed by atoms with E-state index in [9.17, 15) is 14.4 Å². The zero-order valence-corrected chi connectivity index (χ0v) is 17.1. The predicted octanol–water partition coefficient (Wildman–Crippen LogP) is 5.00. The fourth-order valence-corrected chi connectivity index (χ4v) is 2.83. The molecule has 154 valence electrons. The molecule has 3 rings (SSSR count). The van der Waals surface area contributed by atoms with E-state index in [-0.39, 0.29) is 23.7 Å². The molecular formula is C24H23NO5. The van der Waals surface area contributed by atoms with Crippen LogP contribution in [0.4, 0.5) is 5.69 Å². The second-order valence-electron chi connectivity index (χ2n) is 7.24. The largest absolute Gasteiger partial charge is 0.459 e. The van der Waals surface area contributed by atoms with E-state index in [0.717, 1.165) is 11.1 Å². The van der Waals surface area contributed by atoms with Gasteiger partial charge >= 0.3 is 5.97 Å². The first-order valence-electron chi connectivity index (χ1n) is 9.61. The predicted molar refractivity (Wildman–Crippen MR) is 113 cm³/mol. The Morgan fingerprint density at radius 2 is 1.70 bits per heavy atom. The van der Waals surface area contributed by atoms with Crippen LogP contribution in [0.3, 0.4) is 0 Å². The van der Waals surface area contributed by atoms with Crippen LogP contribution in [0.2, 0.25) is 0 Å². The molecule has 6 heteroatoms. The normalized spacial score (nSPS) is 10.7. The maximum atomic E-state index is 12.4. The molecule has 0 unspecified atom stereocenters. The summed E-state index contributed by atoms with van der Waals surface area (Å²) in [6, 6.07) is 15.2. The molecule has 3 aromatic rings. The average Bonchev–Trinajstić information content (AvgIpc) is 3.28. The molecule has 0 atom stereocenters. The van der Waals surface area contributed by atoms with E-state index in [1.54, 1.807) is 43.3 Å². The van der Waals surface area contributed by atoms with Crippen molar-refractivity contribution >= 4 is 23.3 Å². The molecule has 0 saturated heterocycles. The number of esters is 1. The minimum Gasteiger partial charge on any atom is -0.459 e. The first-order chi connectivity index (χ1) is 14.3. The van der Waals surface area contributed by atoms with Gasteiger partial charge in [0.2, 0.25) is 0 Å². The van der Waals surface area contributed by atoms with Crippen molar-refractivity contribution in [2.75, 3.05) is 11.9 Å². The van der Waals surface area contributed by atoms with Crippen molar-refractivity contribution in [1.29, 1.82) is 0 Å². The van der Waals surface area contributed by atoms with Crippen LogP contribution in [0, 0.1) is 6.92 Å². The van der Waals surface area contributed by atoms with E-state index in [1.807, 2.05) is 12.1 Å². The number of rotatable bonds is 7. The van der Waals surface area contributed by atoms with Crippen LogP contribution in [0.5, 0.6) is 0 Å². The van der Waals surface area contributed by atoms with E-state index in [4.69, 9.17) is 9.15 Å². The lowest BCUT2D eigenvalue weighted by Gasteiger charge is -2.10. The molecule has 30 heavy (non-hydrogen) atoms. The van der Waals surface area contributed by atoms with Gasteiger partial charge in [-0.05, 0) is 48.2 Å². The quantitative estimate of drug-likeness (QED) is 0.441. The third-order valence-electron chi connectivity index (χ3n) is 4.70. The van der Waals surface area contributed by atoms with Gasteiger partial charge in [-0.25, -0.2) is 4.79 Å². The molecule has 0 aliphatic carbocycles. The molecular weight excluding hydrogens is 382 g/mol. The number of aryl methyl sites for hydroxylation is 1. The third kappa shape index (κ3) is 5.03. The van der Waals surface area contributed by atoms with Gasteiger partial charge < -0.3 is 14.5 Å². The van der Waals surface area contributed by atoms with Crippen molar-refractivity contribution in [2.24, 2.45) is 0 Å². The summed E-state index contributed by atoms with van der Waals surface area (Å²) in [6.07, 6.45) is 1.41. The van der Waals surface area contributed by atoms with Gasteiger partial charge in [0.1, 0.15) is 0 Å². The van der Waals surface area contributed by atoms with Gasteiger partial charge in [0.25, 0.3) is 5.91 Å². The second kappa shape index (κ2) is 9.22. The Bertz CT molecular complexity index is 1050. The first kappa shape index (κ1) is 21.0. The van der Waals surface area contributed by atoms with Crippen molar-refractivity contribution in [3.63, 3.8) is 0 Å². The number of ketones is 1. The molecule has 0 saturated carbocycles. The molecule has 1 amide bonds. The van der Waals surface area contributed by atoms with Gasteiger partial charge in [-0.1, -0.05) is 44.2 Å². The summed E-state index contributed by atoms with van der Waals surface area (Å²) in [5.41, 5.74) is 3.09. The highest BCUT2D eigenvalue weighted by Gasteiger charge is 2.15. The standard InChI is InChI=1S/C24H23NO5/c1-15(2)17-8-10-18(11-9-17)21(26)14-30-24(28)19-7-6-16(3)20(13-19)25-23(27)22-5-4-12-29-22/h4-13,15H,14H2,1-3H3,(H,25,27). The Labute approximate surface area is 174 Å². The monoisotopic (exact) mass is 405 g/mol. The van der Waals surface area contributed by atoms with Gasteiger partial charge in [0.15, 0.2) is 18.2 Å². The minimum atomic E-state index is -0.643. The Morgan fingerprint density at radius 3 is 2.33 bits per heavy atom. The van der Waals surface area contributed by atoms with Gasteiger partial charge in [-0.3, -0.25) is 9.59 Å². The summed E-state index contributed by atoms with van der Waals surface area (Å²) in [5.74, 6) is -0.811. The molecule has 0 spiro atoms. The molecule has 1 N–H and O–H groups in total. The van der Waals surface area contributed by atoms with E-state index in [0.29, 0.717) is 17.2 Å². The zero-order chi connectivity index (χ0) is 21.7. The average molecular weight is 405 g/mol. The lowest BCUT2D eigenvalue weighted by molar-refractivity contribution is 0.0474. The summed E-state index contributed by atoms with van der Waals surface area (Å²) >= 11 is 0. The number of benzene rings is 2. The molecule has 0 radical (unpaired) electrons. The van der Waals surface area contributed by atoms with Crippen molar-refractivity contribution in [2.45, 2.75) is 26.7 Å². The van der Waals surface area contributed by atoms with Crippen LogP contribution in [-0.4, -0.2) is 24.3 Å². The van der Waals surface area contributed by atoms with Gasteiger partial charge in [-0.15, -0.1) is 0 Å². The summed E-state index contributed by atoms with van der Waals surface area (Å²) in [7, 11) is 0. The SMILES string of the molecule is Cc1ccc(C(=O)OCC(=O)c2ccc(C(C)C)cc2)cc1NC(=O)c1ccco1. The number of carbonyl (C=O) groups is 3. The number of Topliss-reactive ketones (excluding diaryl/α,β-unsaturated/α-hetero) is 1. The van der Waals surface area contributed by atoms with Gasteiger partial charge in [-0.2, -0.15) is 0 Å². The summed E-state index contributed by atoms with van der Waals surface area (Å²) in [6.45, 7) is 5.59. The van der Waals surface area contributed by atoms with Crippen LogP contribution < -0.4 is 5.32 Å². The smallest absolute Gasteiger partial charge is 0.338 e. The Kier molecular flexibility index (Phi) is 6.47. The van der Waals surface area contributed by atoms with E-state index in [2.05, 4.69) is 19.2 Å². The van der Waals surface area contributed by atoms with E-state index >= 15 is 0 Å². The molecule has 0 bridgehead atoms. The zero-order valence-electron chi connectivity index (χ0n) is 17.1. The number of hydrogen-bond donors (Lipinski definition) is 1. The number of anilines is 1. The third-order valence-corrected chi connectivity index (χ3v) is 4.70. The molecule has 0 fully saturated rings. The van der Waals surface area contributed by atoms with Crippen molar-refractivity contribution in [3.05, 3.63) is 88.9 Å². The molecule has 0 aliphatic rings. The highest BCUT2D eigenvalue weighted by Crippen LogP contribution is 2.19. The topological polar surface area (TPSA) is 85.6 Å². The number of nitrogens with one attached hydrogen (secondary N) is 1. The number of amides is 1. The van der Waals surface area contributed by atoms with Crippen molar-refractivity contribution in [3.8, 4) is 0 Å². The van der Waals surface area contributed by atoms with Crippen molar-refractivity contribution in [1.82, 2.24) is 0 Å². The van der Waals surface area contributed by atoms with Crippen LogP contribution >= 0.6 is 0 Å². The summed E-state index contributed by atoms with van der Waals surface area (Å²) < 4.78 is 10.2. The van der Waals surface area contributed by atoms with Crippen molar-refractivity contribution < 1.29 is 23.5 Å². The van der Waals surface area contributed by atoms with Crippen LogP contribution in [0.15, 0.2) is 65.3 Å². The molecule has 0 aliphatic heterocycles. The maximum absolute atomic E-state index is 12.4. The summed E-state index contributed by atoms with van der Waals surface area (Å²) in [4.78, 5) is 36.9. The number of carbonyl (C=O) groups excluding carboxylic acids is 3. The van der Waals surface area contributed by atoms with Crippen LogP contribution in [-0.2, 0) is 4.74 Å². The van der Waals surface area contributed by atoms with Gasteiger partial charge in [0.05, 0.1) is 11.8 Å². The summed E-state index contributed by atoms with van der Waals surface area (Å²) in [5, 5.41) is 2.71. The van der Waals surface area contributed by atoms with Crippen LogP contribution in [0.25, 0.3) is 0 Å². The molecule has 1 heterocycles. The maximum Gasteiger partial charge on any atom is 0.338 e. The lowest BCUT2D eigenvalue weighted by Crippen LogP contribution is -2.16. The second-order valence-corrected chi connectivity index (χ2v) is 7.24. The highest BCUT2D eigenvalue weighted by molar-refractivity contribution is 6.04. The van der Waals surface area contributed by atoms with E-state index in [1.165, 1.54) is 12.3 Å². The van der Waals surface area contributed by atoms with Crippen LogP contribution in [0.1, 0.15) is 62.2 Å².